The number of aromatic nitrogens is 1. The molecule has 1 saturated heterocycles. The maximum atomic E-state index is 12.6. The number of hydrogen-bond donors (Lipinski definition) is 1. The van der Waals surface area contributed by atoms with Gasteiger partial charge in [0, 0.05) is 30.9 Å². The van der Waals surface area contributed by atoms with Crippen molar-refractivity contribution >= 4 is 11.6 Å². The van der Waals surface area contributed by atoms with Gasteiger partial charge in [0.1, 0.15) is 6.26 Å². The lowest BCUT2D eigenvalue weighted by Crippen LogP contribution is -2.38. The Morgan fingerprint density at radius 3 is 2.67 bits per heavy atom. The van der Waals surface area contributed by atoms with E-state index in [1.54, 1.807) is 6.07 Å². The normalized spacial score (nSPS) is 18.0. The average molecular weight is 339 g/mol. The van der Waals surface area contributed by atoms with Gasteiger partial charge in [-0.3, -0.25) is 4.79 Å². The van der Waals surface area contributed by atoms with Crippen molar-refractivity contribution in [3.05, 3.63) is 47.9 Å². The number of alkyl halides is 3. The van der Waals surface area contributed by atoms with E-state index < -0.39 is 11.7 Å². The number of anilines is 1. The predicted octanol–water partition coefficient (Wildman–Crippen LogP) is 2.63. The molecule has 2 aromatic rings. The third-order valence-corrected chi connectivity index (χ3v) is 3.95. The molecule has 1 fully saturated rings. The van der Waals surface area contributed by atoms with Crippen molar-refractivity contribution in [2.24, 2.45) is 0 Å². The topological polar surface area (TPSA) is 58.4 Å². The van der Waals surface area contributed by atoms with Crippen molar-refractivity contribution in [3.63, 3.8) is 0 Å². The minimum atomic E-state index is -4.33. The summed E-state index contributed by atoms with van der Waals surface area (Å²) in [4.78, 5) is 13.9. The molecule has 1 aromatic carbocycles. The molecule has 1 atom stereocenters. The molecule has 1 amide bonds. The Morgan fingerprint density at radius 2 is 2.04 bits per heavy atom. The predicted molar refractivity (Wildman–Crippen MR) is 80.4 cm³/mol. The van der Waals surface area contributed by atoms with E-state index in [4.69, 9.17) is 0 Å². The van der Waals surface area contributed by atoms with E-state index in [2.05, 4.69) is 15.0 Å². The maximum Gasteiger partial charge on any atom is 0.416 e. The maximum absolute atomic E-state index is 12.6. The molecule has 1 unspecified atom stereocenters. The number of halogens is 3. The summed E-state index contributed by atoms with van der Waals surface area (Å²) in [6.07, 6.45) is -2.04. The largest absolute Gasteiger partial charge is 0.416 e. The number of amides is 1. The van der Waals surface area contributed by atoms with Crippen LogP contribution in [0, 0.1) is 0 Å². The van der Waals surface area contributed by atoms with Crippen LogP contribution < -0.4 is 10.2 Å². The van der Waals surface area contributed by atoms with Gasteiger partial charge in [-0.05, 0) is 30.7 Å². The Bertz CT molecular complexity index is 684. The molecule has 128 valence electrons. The SMILES string of the molecule is O=C(Cc1ccon1)NC1CCN(c2ccc(C(F)(F)F)cc2)C1. The Balaban J connectivity index is 1.54. The molecule has 1 N–H and O–H groups in total. The summed E-state index contributed by atoms with van der Waals surface area (Å²) in [5.74, 6) is -0.150. The highest BCUT2D eigenvalue weighted by molar-refractivity contribution is 5.78. The summed E-state index contributed by atoms with van der Waals surface area (Å²) in [7, 11) is 0. The van der Waals surface area contributed by atoms with Crippen molar-refractivity contribution in [2.45, 2.75) is 25.1 Å². The lowest BCUT2D eigenvalue weighted by atomic mass is 10.2. The minimum absolute atomic E-state index is 0.0355. The Morgan fingerprint density at radius 1 is 1.29 bits per heavy atom. The van der Waals surface area contributed by atoms with Gasteiger partial charge in [-0.25, -0.2) is 0 Å². The number of benzene rings is 1. The van der Waals surface area contributed by atoms with E-state index in [0.717, 1.165) is 24.2 Å². The van der Waals surface area contributed by atoms with E-state index in [1.165, 1.54) is 18.4 Å². The smallest absolute Gasteiger partial charge is 0.369 e. The first-order chi connectivity index (χ1) is 11.4. The molecule has 1 aromatic heterocycles. The van der Waals surface area contributed by atoms with E-state index in [1.807, 2.05) is 4.90 Å². The Hall–Kier alpha value is -2.51. The van der Waals surface area contributed by atoms with E-state index >= 15 is 0 Å². The minimum Gasteiger partial charge on any atom is -0.369 e. The second-order valence-corrected chi connectivity index (χ2v) is 5.71. The highest BCUT2D eigenvalue weighted by Crippen LogP contribution is 2.31. The zero-order valence-electron chi connectivity index (χ0n) is 12.7. The fraction of sp³-hybridized carbons (Fsp3) is 0.375. The zero-order chi connectivity index (χ0) is 17.2. The quantitative estimate of drug-likeness (QED) is 0.930. The average Bonchev–Trinajstić information content (AvgIpc) is 3.18. The highest BCUT2D eigenvalue weighted by Gasteiger charge is 2.31. The summed E-state index contributed by atoms with van der Waals surface area (Å²) in [5.41, 5.74) is 0.615. The molecule has 5 nitrogen and oxygen atoms in total. The standard InChI is InChI=1S/C16H16F3N3O2/c17-16(18,19)11-1-3-14(4-2-11)22-7-5-13(10-22)20-15(23)9-12-6-8-24-21-12/h1-4,6,8,13H,5,7,9-10H2,(H,20,23). The van der Waals surface area contributed by atoms with Crippen LogP contribution in [0.4, 0.5) is 18.9 Å². The lowest BCUT2D eigenvalue weighted by Gasteiger charge is -2.19. The molecule has 0 saturated carbocycles. The summed E-state index contributed by atoms with van der Waals surface area (Å²) in [5, 5.41) is 6.59. The second-order valence-electron chi connectivity index (χ2n) is 5.71. The molecule has 8 heteroatoms. The number of nitrogens with zero attached hydrogens (tertiary/aromatic N) is 2. The summed E-state index contributed by atoms with van der Waals surface area (Å²) in [6.45, 7) is 1.25. The lowest BCUT2D eigenvalue weighted by molar-refractivity contribution is -0.137. The van der Waals surface area contributed by atoms with Gasteiger partial charge in [0.25, 0.3) is 0 Å². The number of nitrogens with one attached hydrogen (secondary N) is 1. The molecular formula is C16H16F3N3O2. The molecule has 0 bridgehead atoms. The number of hydrogen-bond acceptors (Lipinski definition) is 4. The monoisotopic (exact) mass is 339 g/mol. The molecular weight excluding hydrogens is 323 g/mol. The third-order valence-electron chi connectivity index (χ3n) is 3.95. The van der Waals surface area contributed by atoms with Crippen LogP contribution in [-0.4, -0.2) is 30.2 Å². The van der Waals surface area contributed by atoms with Gasteiger partial charge in [-0.2, -0.15) is 13.2 Å². The van der Waals surface area contributed by atoms with Crippen LogP contribution in [-0.2, 0) is 17.4 Å². The van der Waals surface area contributed by atoms with Gasteiger partial charge in [-0.1, -0.05) is 5.16 Å². The summed E-state index contributed by atoms with van der Waals surface area (Å²) >= 11 is 0. The van der Waals surface area contributed by atoms with Crippen molar-refractivity contribution < 1.29 is 22.5 Å². The van der Waals surface area contributed by atoms with Gasteiger partial charge < -0.3 is 14.7 Å². The number of carbonyl (C=O) groups excluding carboxylic acids is 1. The van der Waals surface area contributed by atoms with E-state index in [-0.39, 0.29) is 18.4 Å². The van der Waals surface area contributed by atoms with Crippen LogP contribution in [0.5, 0.6) is 0 Å². The first-order valence-corrected chi connectivity index (χ1v) is 7.52. The van der Waals surface area contributed by atoms with Gasteiger partial charge in [-0.15, -0.1) is 0 Å². The van der Waals surface area contributed by atoms with Crippen molar-refractivity contribution in [1.82, 2.24) is 10.5 Å². The van der Waals surface area contributed by atoms with Crippen LogP contribution >= 0.6 is 0 Å². The first kappa shape index (κ1) is 16.4. The summed E-state index contributed by atoms with van der Waals surface area (Å²) in [6, 6.07) is 6.66. The Kier molecular flexibility index (Phi) is 4.46. The van der Waals surface area contributed by atoms with Crippen LogP contribution in [0.25, 0.3) is 0 Å². The van der Waals surface area contributed by atoms with Crippen molar-refractivity contribution in [1.29, 1.82) is 0 Å². The van der Waals surface area contributed by atoms with E-state index in [0.29, 0.717) is 18.8 Å². The van der Waals surface area contributed by atoms with Crippen LogP contribution in [0.3, 0.4) is 0 Å². The van der Waals surface area contributed by atoms with Gasteiger partial charge >= 0.3 is 6.18 Å². The fourth-order valence-corrected chi connectivity index (χ4v) is 2.75. The molecule has 3 rings (SSSR count). The van der Waals surface area contributed by atoms with Gasteiger partial charge in [0.2, 0.25) is 5.91 Å². The third kappa shape index (κ3) is 3.87. The highest BCUT2D eigenvalue weighted by atomic mass is 19.4. The zero-order valence-corrected chi connectivity index (χ0v) is 12.7. The van der Waals surface area contributed by atoms with Crippen LogP contribution in [0.1, 0.15) is 17.7 Å². The van der Waals surface area contributed by atoms with Crippen LogP contribution in [0.2, 0.25) is 0 Å². The molecule has 1 aliphatic rings. The fourth-order valence-electron chi connectivity index (χ4n) is 2.75. The van der Waals surface area contributed by atoms with E-state index in [9.17, 15) is 18.0 Å². The van der Waals surface area contributed by atoms with Crippen molar-refractivity contribution in [2.75, 3.05) is 18.0 Å². The summed E-state index contributed by atoms with van der Waals surface area (Å²) < 4.78 is 42.4. The molecule has 0 radical (unpaired) electrons. The second kappa shape index (κ2) is 6.54. The van der Waals surface area contributed by atoms with Gasteiger partial charge in [0.15, 0.2) is 0 Å². The van der Waals surface area contributed by atoms with Gasteiger partial charge in [0.05, 0.1) is 17.7 Å². The molecule has 24 heavy (non-hydrogen) atoms. The Labute approximate surface area is 136 Å². The molecule has 2 heterocycles. The molecule has 0 spiro atoms. The molecule has 1 aliphatic heterocycles. The first-order valence-electron chi connectivity index (χ1n) is 7.52. The van der Waals surface area contributed by atoms with Crippen LogP contribution in [0.15, 0.2) is 41.1 Å². The number of rotatable bonds is 4. The van der Waals surface area contributed by atoms with Crippen molar-refractivity contribution in [3.8, 4) is 0 Å². The molecule has 0 aliphatic carbocycles. The number of carbonyl (C=O) groups is 1.